The van der Waals surface area contributed by atoms with Gasteiger partial charge in [0.25, 0.3) is 0 Å². The van der Waals surface area contributed by atoms with Gasteiger partial charge in [0, 0.05) is 12.2 Å². The van der Waals surface area contributed by atoms with E-state index in [2.05, 4.69) is 35.3 Å². The lowest BCUT2D eigenvalue weighted by Crippen LogP contribution is -2.37. The molecule has 1 aliphatic rings. The highest BCUT2D eigenvalue weighted by molar-refractivity contribution is 5.01. The first-order valence-electron chi connectivity index (χ1n) is 5.49. The summed E-state index contributed by atoms with van der Waals surface area (Å²) in [6.45, 7) is 2.10. The lowest BCUT2D eigenvalue weighted by Gasteiger charge is -2.31. The second kappa shape index (κ2) is 4.13. The fraction of sp³-hybridized carbons (Fsp3) is 0.727. The van der Waals surface area contributed by atoms with Crippen LogP contribution >= 0.6 is 0 Å². The molecule has 1 aromatic rings. The summed E-state index contributed by atoms with van der Waals surface area (Å²) >= 11 is 0. The molecule has 2 unspecified atom stereocenters. The highest BCUT2D eigenvalue weighted by atomic mass is 15.3. The van der Waals surface area contributed by atoms with Gasteiger partial charge in [-0.25, -0.2) is 0 Å². The number of aryl methyl sites for hydroxylation is 1. The molecule has 0 aromatic carbocycles. The summed E-state index contributed by atoms with van der Waals surface area (Å²) in [5.41, 5.74) is 1.26. The van der Waals surface area contributed by atoms with Gasteiger partial charge >= 0.3 is 0 Å². The number of rotatable bonds is 2. The highest BCUT2D eigenvalue weighted by Gasteiger charge is 2.25. The molecule has 0 aliphatic heterocycles. The summed E-state index contributed by atoms with van der Waals surface area (Å²) in [6, 6.07) is 1.16. The van der Waals surface area contributed by atoms with Crippen LogP contribution in [0.4, 0.5) is 0 Å². The van der Waals surface area contributed by atoms with E-state index in [-0.39, 0.29) is 0 Å². The van der Waals surface area contributed by atoms with Crippen LogP contribution in [0.1, 0.15) is 37.3 Å². The fourth-order valence-electron chi connectivity index (χ4n) is 2.38. The first-order chi connectivity index (χ1) is 6.81. The molecular weight excluding hydrogens is 174 g/mol. The summed E-state index contributed by atoms with van der Waals surface area (Å²) in [4.78, 5) is 0. The van der Waals surface area contributed by atoms with E-state index in [1.807, 2.05) is 6.20 Å². The maximum atomic E-state index is 4.41. The number of aromatic nitrogens is 2. The predicted molar refractivity (Wildman–Crippen MR) is 57.3 cm³/mol. The van der Waals surface area contributed by atoms with E-state index in [9.17, 15) is 0 Å². The van der Waals surface area contributed by atoms with E-state index < -0.39 is 0 Å². The Labute approximate surface area is 85.5 Å². The van der Waals surface area contributed by atoms with Gasteiger partial charge in [0.05, 0.1) is 12.2 Å². The molecule has 3 heteroatoms. The normalized spacial score (nSPS) is 27.9. The third-order valence-electron chi connectivity index (χ3n) is 3.17. The molecule has 2 rings (SSSR count). The monoisotopic (exact) mass is 193 g/mol. The van der Waals surface area contributed by atoms with Crippen molar-refractivity contribution in [2.75, 3.05) is 7.05 Å². The number of likely N-dealkylation sites (N-methyl/N-ethyl adjacent to an activating group) is 1. The number of nitrogens with zero attached hydrogens (tertiary/aromatic N) is 2. The zero-order valence-electron chi connectivity index (χ0n) is 9.03. The first kappa shape index (κ1) is 9.71. The number of hydrogen-bond acceptors (Lipinski definition) is 2. The van der Waals surface area contributed by atoms with Crippen molar-refractivity contribution in [3.8, 4) is 0 Å². The summed E-state index contributed by atoms with van der Waals surface area (Å²) in [5.74, 6) is 0. The van der Waals surface area contributed by atoms with Crippen LogP contribution in [-0.2, 0) is 0 Å². The minimum atomic E-state index is 0.558. The van der Waals surface area contributed by atoms with Gasteiger partial charge < -0.3 is 5.32 Å². The first-order valence-corrected chi connectivity index (χ1v) is 5.49. The van der Waals surface area contributed by atoms with E-state index >= 15 is 0 Å². The highest BCUT2D eigenvalue weighted by Crippen LogP contribution is 2.27. The van der Waals surface area contributed by atoms with Gasteiger partial charge in [-0.05, 0) is 32.4 Å². The molecule has 1 aromatic heterocycles. The van der Waals surface area contributed by atoms with Crippen molar-refractivity contribution in [2.45, 2.75) is 44.7 Å². The average molecular weight is 193 g/mol. The quantitative estimate of drug-likeness (QED) is 0.777. The smallest absolute Gasteiger partial charge is 0.0672 e. The van der Waals surface area contributed by atoms with E-state index in [1.165, 1.54) is 31.2 Å². The fourth-order valence-corrected chi connectivity index (χ4v) is 2.38. The van der Waals surface area contributed by atoms with E-state index in [0.29, 0.717) is 12.1 Å². The van der Waals surface area contributed by atoms with Crippen LogP contribution in [0.2, 0.25) is 0 Å². The molecule has 1 saturated carbocycles. The molecule has 14 heavy (non-hydrogen) atoms. The van der Waals surface area contributed by atoms with Crippen LogP contribution in [0.5, 0.6) is 0 Å². The maximum absolute atomic E-state index is 4.41. The molecule has 0 radical (unpaired) electrons. The minimum Gasteiger partial charge on any atom is -0.315 e. The van der Waals surface area contributed by atoms with Gasteiger partial charge in [0.2, 0.25) is 0 Å². The van der Waals surface area contributed by atoms with Gasteiger partial charge in [0.15, 0.2) is 0 Å². The Morgan fingerprint density at radius 3 is 2.86 bits per heavy atom. The molecule has 1 fully saturated rings. The van der Waals surface area contributed by atoms with Gasteiger partial charge in [0.1, 0.15) is 0 Å². The van der Waals surface area contributed by atoms with E-state index in [4.69, 9.17) is 0 Å². The Bertz CT molecular complexity index is 292. The summed E-state index contributed by atoms with van der Waals surface area (Å²) in [7, 11) is 2.05. The van der Waals surface area contributed by atoms with E-state index in [1.54, 1.807) is 0 Å². The summed E-state index contributed by atoms with van der Waals surface area (Å²) < 4.78 is 2.13. The number of nitrogens with one attached hydrogen (secondary N) is 1. The molecule has 0 amide bonds. The molecule has 78 valence electrons. The third-order valence-corrected chi connectivity index (χ3v) is 3.17. The molecule has 0 spiro atoms. The Balaban J connectivity index is 2.14. The molecule has 0 bridgehead atoms. The second-order valence-electron chi connectivity index (χ2n) is 4.24. The number of hydrogen-bond donors (Lipinski definition) is 1. The molecule has 1 N–H and O–H groups in total. The molecule has 1 heterocycles. The maximum Gasteiger partial charge on any atom is 0.0672 e. The van der Waals surface area contributed by atoms with Gasteiger partial charge in [-0.1, -0.05) is 12.8 Å². The Morgan fingerprint density at radius 1 is 1.43 bits per heavy atom. The van der Waals surface area contributed by atoms with Crippen LogP contribution in [0.25, 0.3) is 0 Å². The van der Waals surface area contributed by atoms with Gasteiger partial charge in [-0.15, -0.1) is 0 Å². The van der Waals surface area contributed by atoms with Crippen LogP contribution in [-0.4, -0.2) is 22.9 Å². The van der Waals surface area contributed by atoms with E-state index in [0.717, 1.165) is 0 Å². The molecular formula is C11H19N3. The zero-order valence-corrected chi connectivity index (χ0v) is 9.03. The SMILES string of the molecule is CNC1CCCCC1n1cc(C)cn1. The standard InChI is InChI=1S/C11H19N3/c1-9-7-13-14(8-9)11-6-4-3-5-10(11)12-2/h7-8,10-12H,3-6H2,1-2H3. The largest absolute Gasteiger partial charge is 0.315 e. The average Bonchev–Trinajstić information content (AvgIpc) is 2.65. The lowest BCUT2D eigenvalue weighted by atomic mass is 9.90. The van der Waals surface area contributed by atoms with Crippen molar-refractivity contribution in [1.29, 1.82) is 0 Å². The second-order valence-corrected chi connectivity index (χ2v) is 4.24. The van der Waals surface area contributed by atoms with Gasteiger partial charge in [-0.3, -0.25) is 4.68 Å². The summed E-state index contributed by atoms with van der Waals surface area (Å²) in [5, 5.41) is 7.82. The van der Waals surface area contributed by atoms with Crippen LogP contribution in [0.15, 0.2) is 12.4 Å². The molecule has 0 saturated heterocycles. The minimum absolute atomic E-state index is 0.558. The lowest BCUT2D eigenvalue weighted by molar-refractivity contribution is 0.257. The Morgan fingerprint density at radius 2 is 2.21 bits per heavy atom. The topological polar surface area (TPSA) is 29.9 Å². The van der Waals surface area contributed by atoms with Crippen molar-refractivity contribution in [3.63, 3.8) is 0 Å². The third kappa shape index (κ3) is 1.82. The van der Waals surface area contributed by atoms with Crippen molar-refractivity contribution in [3.05, 3.63) is 18.0 Å². The van der Waals surface area contributed by atoms with Gasteiger partial charge in [-0.2, -0.15) is 5.10 Å². The van der Waals surface area contributed by atoms with Crippen LogP contribution in [0, 0.1) is 6.92 Å². The molecule has 2 atom stereocenters. The molecule has 1 aliphatic carbocycles. The zero-order chi connectivity index (χ0) is 9.97. The Hall–Kier alpha value is -0.830. The van der Waals surface area contributed by atoms with Crippen molar-refractivity contribution in [2.24, 2.45) is 0 Å². The van der Waals surface area contributed by atoms with Crippen LogP contribution < -0.4 is 5.32 Å². The van der Waals surface area contributed by atoms with Crippen molar-refractivity contribution in [1.82, 2.24) is 15.1 Å². The van der Waals surface area contributed by atoms with Crippen molar-refractivity contribution < 1.29 is 0 Å². The Kier molecular flexibility index (Phi) is 2.87. The predicted octanol–water partition coefficient (Wildman–Crippen LogP) is 1.89. The van der Waals surface area contributed by atoms with Crippen LogP contribution in [0.3, 0.4) is 0 Å². The van der Waals surface area contributed by atoms with Crippen molar-refractivity contribution >= 4 is 0 Å². The summed E-state index contributed by atoms with van der Waals surface area (Å²) in [6.07, 6.45) is 9.32. The molecule has 3 nitrogen and oxygen atoms in total.